The molecule has 0 heterocycles. The van der Waals surface area contributed by atoms with E-state index in [1.165, 1.54) is 98.9 Å². The Morgan fingerprint density at radius 3 is 1.61 bits per heavy atom. The van der Waals surface area contributed by atoms with Crippen LogP contribution in [0.25, 0.3) is 10.8 Å². The number of rotatable bonds is 7. The van der Waals surface area contributed by atoms with Crippen LogP contribution in [0.5, 0.6) is 0 Å². The van der Waals surface area contributed by atoms with Crippen LogP contribution in [0, 0.1) is 35.5 Å². The highest BCUT2D eigenvalue weighted by molar-refractivity contribution is 7.84. The second-order valence-electron chi connectivity index (χ2n) is 18.1. The molecule has 0 spiro atoms. The van der Waals surface area contributed by atoms with Crippen LogP contribution in [-0.2, 0) is 11.0 Å². The van der Waals surface area contributed by atoms with Crippen molar-refractivity contribution in [2.45, 2.75) is 119 Å². The first-order valence-electron chi connectivity index (χ1n) is 18.6. The molecule has 3 aromatic carbocycles. The molecule has 8 bridgehead atoms. The quantitative estimate of drug-likeness (QED) is 0.233. The van der Waals surface area contributed by atoms with Gasteiger partial charge in [0.25, 0.3) is 0 Å². The number of hydrogen-bond acceptors (Lipinski definition) is 1. The smallest absolute Gasteiger partial charge is 0.100 e. The van der Waals surface area contributed by atoms with E-state index in [2.05, 4.69) is 98.9 Å². The third kappa shape index (κ3) is 4.87. The van der Waals surface area contributed by atoms with Gasteiger partial charge < -0.3 is 0 Å². The zero-order valence-corrected chi connectivity index (χ0v) is 30.3. The van der Waals surface area contributed by atoms with Crippen LogP contribution >= 0.6 is 7.92 Å². The van der Waals surface area contributed by atoms with Gasteiger partial charge in [-0.25, -0.2) is 8.51 Å². The highest BCUT2D eigenvalue weighted by Crippen LogP contribution is 2.78. The van der Waals surface area contributed by atoms with Gasteiger partial charge in [0.05, 0.1) is 10.8 Å². The van der Waals surface area contributed by atoms with Crippen molar-refractivity contribution in [1.82, 2.24) is 4.31 Å². The predicted octanol–water partition coefficient (Wildman–Crippen LogP) is 10.4. The summed E-state index contributed by atoms with van der Waals surface area (Å²) in [6.45, 7) is 6.43. The normalized spacial score (nSPS) is 38.0. The molecule has 2 atom stereocenters. The summed E-state index contributed by atoms with van der Waals surface area (Å²) in [4.78, 5) is 0. The summed E-state index contributed by atoms with van der Waals surface area (Å²) >= 11 is 0. The molecule has 11 rings (SSSR count). The molecule has 4 heteroatoms. The molecule has 46 heavy (non-hydrogen) atoms. The fraction of sp³-hybridized carbons (Fsp3) is 0.619. The molecule has 244 valence electrons. The summed E-state index contributed by atoms with van der Waals surface area (Å²) < 4.78 is 16.4. The SMILES string of the molecule is CN([C@H](c1ccccc1P(C12CC3CC(CC(C3)C1)C2)C12CC3CC(CC(C3)C1)C2)c1cccc2ccccc12)S(=O)C(C)(C)C. The minimum Gasteiger partial charge on any atom is -0.242 e. The standard InChI is InChI=1S/C42H54NOPS/c1-40(2,3)46(44)43(4)39(36-14-9-11-34-10-5-6-12-35(34)36)37-13-7-8-15-38(37)45(41-22-28-16-29(23-41)18-30(17-28)24-41)42-25-31-19-32(26-42)21-33(20-31)27-42/h5-15,28-33,39H,16-27H2,1-4H3/t28?,29?,30?,31?,32?,33?,39-,41?,42?,45?,46?/m0/s1. The fourth-order valence-electron chi connectivity index (χ4n) is 13.2. The van der Waals surface area contributed by atoms with E-state index in [0.29, 0.717) is 10.3 Å². The molecular formula is C42H54NOPS. The summed E-state index contributed by atoms with van der Waals surface area (Å²) in [5, 5.41) is 5.28. The third-order valence-corrected chi connectivity index (χ3v) is 19.4. The molecule has 0 N–H and O–H groups in total. The van der Waals surface area contributed by atoms with Crippen LogP contribution in [0.3, 0.4) is 0 Å². The maximum absolute atomic E-state index is 14.5. The average Bonchev–Trinajstić information content (AvgIpc) is 2.99. The van der Waals surface area contributed by atoms with Gasteiger partial charge in [-0.3, -0.25) is 0 Å². The van der Waals surface area contributed by atoms with Crippen LogP contribution in [-0.4, -0.2) is 30.6 Å². The van der Waals surface area contributed by atoms with E-state index in [1.807, 2.05) is 0 Å². The molecule has 0 aromatic heterocycles. The van der Waals surface area contributed by atoms with Gasteiger partial charge >= 0.3 is 0 Å². The predicted molar refractivity (Wildman–Crippen MR) is 196 cm³/mol. The van der Waals surface area contributed by atoms with Gasteiger partial charge in [0, 0.05) is 7.05 Å². The molecule has 0 radical (unpaired) electrons. The Kier molecular flexibility index (Phi) is 7.29. The summed E-state index contributed by atoms with van der Waals surface area (Å²) in [6.07, 6.45) is 18.0. The van der Waals surface area contributed by atoms with Gasteiger partial charge in [0.15, 0.2) is 0 Å². The zero-order valence-electron chi connectivity index (χ0n) is 28.6. The topological polar surface area (TPSA) is 20.3 Å². The maximum atomic E-state index is 14.5. The molecule has 8 aliphatic rings. The van der Waals surface area contributed by atoms with E-state index >= 15 is 0 Å². The van der Waals surface area contributed by atoms with Gasteiger partial charge in [-0.1, -0.05) is 74.7 Å². The van der Waals surface area contributed by atoms with E-state index in [9.17, 15) is 4.21 Å². The number of fused-ring (bicyclic) bond motifs is 1. The molecule has 3 aromatic rings. The van der Waals surface area contributed by atoms with E-state index in [1.54, 1.807) is 5.30 Å². The molecule has 8 aliphatic carbocycles. The Balaban J connectivity index is 1.27. The second-order valence-corrected chi connectivity index (χ2v) is 23.4. The largest absolute Gasteiger partial charge is 0.242 e. The van der Waals surface area contributed by atoms with Gasteiger partial charge in [-0.15, -0.1) is 0 Å². The van der Waals surface area contributed by atoms with Crippen LogP contribution in [0.2, 0.25) is 0 Å². The first kappa shape index (κ1) is 30.5. The molecule has 0 aliphatic heterocycles. The molecular weight excluding hydrogens is 598 g/mol. The van der Waals surface area contributed by atoms with Crippen molar-refractivity contribution in [2.75, 3.05) is 7.05 Å². The Hall–Kier alpha value is -1.54. The van der Waals surface area contributed by atoms with E-state index < -0.39 is 11.0 Å². The van der Waals surface area contributed by atoms with Crippen molar-refractivity contribution in [2.24, 2.45) is 35.5 Å². The van der Waals surface area contributed by atoms with Crippen molar-refractivity contribution in [1.29, 1.82) is 0 Å². The van der Waals surface area contributed by atoms with Crippen molar-refractivity contribution in [3.05, 3.63) is 77.9 Å². The lowest BCUT2D eigenvalue weighted by atomic mass is 9.55. The minimum absolute atomic E-state index is 0.0461. The van der Waals surface area contributed by atoms with Crippen molar-refractivity contribution in [3.8, 4) is 0 Å². The summed E-state index contributed by atoms with van der Waals surface area (Å²) in [5.41, 5.74) is 2.79. The lowest BCUT2D eigenvalue weighted by Crippen LogP contribution is -2.58. The van der Waals surface area contributed by atoms with Gasteiger partial charge in [0.2, 0.25) is 0 Å². The van der Waals surface area contributed by atoms with Crippen LogP contribution < -0.4 is 5.30 Å². The number of nitrogens with zero attached hydrogens (tertiary/aromatic N) is 1. The number of hydrogen-bond donors (Lipinski definition) is 0. The second kappa shape index (κ2) is 11.0. The highest BCUT2D eigenvalue weighted by atomic mass is 32.2. The molecule has 0 amide bonds. The molecule has 2 nitrogen and oxygen atoms in total. The van der Waals surface area contributed by atoms with Crippen LogP contribution in [0.15, 0.2) is 66.7 Å². The van der Waals surface area contributed by atoms with Crippen molar-refractivity contribution >= 4 is 35.0 Å². The first-order chi connectivity index (χ1) is 22.1. The first-order valence-corrected chi connectivity index (χ1v) is 21.1. The Morgan fingerprint density at radius 1 is 0.652 bits per heavy atom. The van der Waals surface area contributed by atoms with Crippen molar-refractivity contribution < 1.29 is 4.21 Å². The van der Waals surface area contributed by atoms with Crippen LogP contribution in [0.4, 0.5) is 0 Å². The minimum atomic E-state index is -1.16. The average molecular weight is 652 g/mol. The van der Waals surface area contributed by atoms with Gasteiger partial charge in [0.1, 0.15) is 11.0 Å². The summed E-state index contributed by atoms with van der Waals surface area (Å²) in [5.74, 6) is 5.76. The fourth-order valence-corrected chi connectivity index (χ4v) is 19.8. The monoisotopic (exact) mass is 651 g/mol. The highest BCUT2D eigenvalue weighted by Gasteiger charge is 2.63. The van der Waals surface area contributed by atoms with Crippen LogP contribution in [0.1, 0.15) is 115 Å². The lowest BCUT2D eigenvalue weighted by Gasteiger charge is -2.67. The van der Waals surface area contributed by atoms with E-state index in [-0.39, 0.29) is 18.7 Å². The summed E-state index contributed by atoms with van der Waals surface area (Å²) in [7, 11) is 0.609. The molecule has 0 saturated heterocycles. The van der Waals surface area contributed by atoms with E-state index in [4.69, 9.17) is 0 Å². The summed E-state index contributed by atoms with van der Waals surface area (Å²) in [6, 6.07) is 25.5. The van der Waals surface area contributed by atoms with Crippen molar-refractivity contribution in [3.63, 3.8) is 0 Å². The Morgan fingerprint density at radius 2 is 1.09 bits per heavy atom. The Bertz CT molecular complexity index is 1550. The van der Waals surface area contributed by atoms with E-state index in [0.717, 1.165) is 35.5 Å². The molecule has 8 saturated carbocycles. The zero-order chi connectivity index (χ0) is 31.4. The third-order valence-electron chi connectivity index (χ3n) is 13.7. The van der Waals surface area contributed by atoms with Gasteiger partial charge in [-0.2, -0.15) is 0 Å². The van der Waals surface area contributed by atoms with Gasteiger partial charge in [-0.05, 0) is 171 Å². The maximum Gasteiger partial charge on any atom is 0.100 e. The molecule has 8 fully saturated rings. The Labute approximate surface area is 281 Å². The number of benzene rings is 3. The molecule has 1 unspecified atom stereocenters. The lowest BCUT2D eigenvalue weighted by molar-refractivity contribution is 0.0195.